The monoisotopic (exact) mass is 604 g/mol. The predicted molar refractivity (Wildman–Crippen MR) is 150 cm³/mol. The Bertz CT molecular complexity index is 1430. The van der Waals surface area contributed by atoms with E-state index in [1.165, 1.54) is 15.9 Å². The fourth-order valence-corrected chi connectivity index (χ4v) is 5.38. The van der Waals surface area contributed by atoms with E-state index in [4.69, 9.17) is 26.8 Å². The Labute approximate surface area is 246 Å². The maximum Gasteiger partial charge on any atom is 0.409 e. The summed E-state index contributed by atoms with van der Waals surface area (Å²) in [6.07, 6.45) is -0.187. The second-order valence-corrected chi connectivity index (χ2v) is 10.8. The number of fused-ring (bicyclic) bond motifs is 1. The zero-order valence-electron chi connectivity index (χ0n) is 23.4. The number of carbonyl (C=O) groups is 5. The van der Waals surface area contributed by atoms with Crippen molar-refractivity contribution in [2.75, 3.05) is 32.8 Å². The molecular weight excluding hydrogens is 572 g/mol. The van der Waals surface area contributed by atoms with Gasteiger partial charge in [0.05, 0.1) is 23.7 Å². The largest absolute Gasteiger partial charge is 0.481 e. The summed E-state index contributed by atoms with van der Waals surface area (Å²) >= 11 is 6.39. The lowest BCUT2D eigenvalue weighted by atomic mass is 9.80. The number of hydrogen-bond acceptors (Lipinski definition) is 8. The number of hydrogen-bond donors (Lipinski definition) is 3. The van der Waals surface area contributed by atoms with Gasteiger partial charge in [0, 0.05) is 43.0 Å². The van der Waals surface area contributed by atoms with E-state index < -0.39 is 47.8 Å². The SMILES string of the molecule is CCOC(=O)N1CCN(C(=O)C(CCC(=O)O)c2nc3cc(C)c(Cl)cc3c(OC3(C(=O)O)CCC3)c2C(N)=O)CC1. The second kappa shape index (κ2) is 12.4. The van der Waals surface area contributed by atoms with Crippen LogP contribution in [0.3, 0.4) is 0 Å². The Morgan fingerprint density at radius 2 is 1.74 bits per heavy atom. The lowest BCUT2D eigenvalue weighted by Gasteiger charge is -2.39. The third-order valence-electron chi connectivity index (χ3n) is 7.73. The number of carboxylic acids is 2. The number of primary amides is 1. The van der Waals surface area contributed by atoms with Crippen LogP contribution in [0.4, 0.5) is 4.79 Å². The van der Waals surface area contributed by atoms with Crippen LogP contribution in [0.1, 0.15) is 66.6 Å². The average Bonchev–Trinajstić information content (AvgIpc) is 2.91. The Morgan fingerprint density at radius 1 is 1.10 bits per heavy atom. The maximum absolute atomic E-state index is 14.0. The van der Waals surface area contributed by atoms with Crippen LogP contribution < -0.4 is 10.5 Å². The van der Waals surface area contributed by atoms with Gasteiger partial charge in [-0.15, -0.1) is 0 Å². The Morgan fingerprint density at radius 3 is 2.26 bits per heavy atom. The first kappa shape index (κ1) is 30.8. The molecule has 4 N–H and O–H groups in total. The minimum atomic E-state index is -1.61. The summed E-state index contributed by atoms with van der Waals surface area (Å²) in [6.45, 7) is 4.29. The Balaban J connectivity index is 1.84. The number of nitrogens with zero attached hydrogens (tertiary/aromatic N) is 3. The number of aliphatic carboxylic acids is 2. The number of ether oxygens (including phenoxy) is 2. The van der Waals surface area contributed by atoms with Crippen LogP contribution >= 0.6 is 11.6 Å². The summed E-state index contributed by atoms with van der Waals surface area (Å²) in [4.78, 5) is 70.5. The second-order valence-electron chi connectivity index (χ2n) is 10.4. The van der Waals surface area contributed by atoms with Crippen molar-refractivity contribution in [3.8, 4) is 5.75 Å². The highest BCUT2D eigenvalue weighted by Crippen LogP contribution is 2.44. The topological polar surface area (TPSA) is 190 Å². The summed E-state index contributed by atoms with van der Waals surface area (Å²) < 4.78 is 11.1. The summed E-state index contributed by atoms with van der Waals surface area (Å²) in [5.74, 6) is -5.31. The number of carboxylic acid groups (broad SMARTS) is 2. The third-order valence-corrected chi connectivity index (χ3v) is 8.14. The molecule has 3 amide bonds. The molecule has 2 heterocycles. The van der Waals surface area contributed by atoms with E-state index >= 15 is 0 Å². The van der Waals surface area contributed by atoms with Crippen molar-refractivity contribution in [3.05, 3.63) is 34.0 Å². The quantitative estimate of drug-likeness (QED) is 0.363. The van der Waals surface area contributed by atoms with E-state index in [9.17, 15) is 34.2 Å². The molecule has 4 rings (SSSR count). The van der Waals surface area contributed by atoms with Gasteiger partial charge in [-0.25, -0.2) is 9.59 Å². The van der Waals surface area contributed by atoms with Crippen molar-refractivity contribution in [2.45, 2.75) is 57.5 Å². The van der Waals surface area contributed by atoms with E-state index in [0.717, 1.165) is 0 Å². The normalized spacial score (nSPS) is 16.8. The van der Waals surface area contributed by atoms with Crippen molar-refractivity contribution in [1.29, 1.82) is 0 Å². The molecule has 0 bridgehead atoms. The molecule has 1 saturated heterocycles. The number of halogens is 1. The standard InChI is InChI=1S/C28H33ClN4O9/c1-3-41-27(40)33-11-9-32(10-12-33)25(37)16(5-6-20(34)35)22-21(24(30)36)23(42-28(26(38)39)7-4-8-28)17-14-18(29)15(2)13-19(17)31-22/h13-14,16H,3-12H2,1-2H3,(H2,30,36)(H,34,35)(H,38,39). The molecule has 13 nitrogen and oxygen atoms in total. The molecule has 1 aliphatic carbocycles. The van der Waals surface area contributed by atoms with Crippen molar-refractivity contribution in [2.24, 2.45) is 5.73 Å². The van der Waals surface area contributed by atoms with Gasteiger partial charge in [0.2, 0.25) is 11.5 Å². The van der Waals surface area contributed by atoms with Crippen LogP contribution in [0.2, 0.25) is 5.02 Å². The van der Waals surface area contributed by atoms with Crippen LogP contribution in [0, 0.1) is 6.92 Å². The van der Waals surface area contributed by atoms with Gasteiger partial charge in [-0.1, -0.05) is 11.6 Å². The van der Waals surface area contributed by atoms with Gasteiger partial charge >= 0.3 is 18.0 Å². The molecule has 0 spiro atoms. The first-order chi connectivity index (χ1) is 19.9. The lowest BCUT2D eigenvalue weighted by Crippen LogP contribution is -2.52. The molecular formula is C28H33ClN4O9. The first-order valence-corrected chi connectivity index (χ1v) is 14.0. The minimum absolute atomic E-state index is 0.106. The molecule has 0 radical (unpaired) electrons. The van der Waals surface area contributed by atoms with E-state index in [1.54, 1.807) is 19.9 Å². The number of rotatable bonds is 10. The summed E-state index contributed by atoms with van der Waals surface area (Å²) in [6, 6.07) is 3.12. The maximum atomic E-state index is 14.0. The molecule has 1 unspecified atom stereocenters. The number of pyridine rings is 1. The molecule has 1 saturated carbocycles. The zero-order chi connectivity index (χ0) is 30.8. The predicted octanol–water partition coefficient (Wildman–Crippen LogP) is 2.93. The highest BCUT2D eigenvalue weighted by Gasteiger charge is 2.48. The Kier molecular flexibility index (Phi) is 9.09. The number of benzene rings is 1. The Hall–Kier alpha value is -4.13. The van der Waals surface area contributed by atoms with E-state index in [0.29, 0.717) is 17.0 Å². The number of amides is 3. The first-order valence-electron chi connectivity index (χ1n) is 13.7. The molecule has 2 aromatic rings. The fourth-order valence-electron chi connectivity index (χ4n) is 5.22. The molecule has 42 heavy (non-hydrogen) atoms. The van der Waals surface area contributed by atoms with Gasteiger partial charge in [-0.05, 0) is 57.2 Å². The van der Waals surface area contributed by atoms with Gasteiger partial charge < -0.3 is 35.2 Å². The highest BCUT2D eigenvalue weighted by molar-refractivity contribution is 6.32. The van der Waals surface area contributed by atoms with Gasteiger partial charge in [0.1, 0.15) is 11.3 Å². The van der Waals surface area contributed by atoms with Gasteiger partial charge in [0.15, 0.2) is 0 Å². The number of carbonyl (C=O) groups excluding carboxylic acids is 3. The summed E-state index contributed by atoms with van der Waals surface area (Å²) in [5.41, 5.74) is 4.72. The van der Waals surface area contributed by atoms with Crippen LogP contribution in [-0.4, -0.2) is 93.2 Å². The average molecular weight is 605 g/mol. The van der Waals surface area contributed by atoms with E-state index in [2.05, 4.69) is 4.98 Å². The molecule has 14 heteroatoms. The minimum Gasteiger partial charge on any atom is -0.481 e. The van der Waals surface area contributed by atoms with Crippen LogP contribution in [0.15, 0.2) is 12.1 Å². The molecule has 2 fully saturated rings. The van der Waals surface area contributed by atoms with E-state index in [-0.39, 0.29) is 80.0 Å². The molecule has 1 aromatic heterocycles. The molecule has 1 atom stereocenters. The van der Waals surface area contributed by atoms with Crippen molar-refractivity contribution in [1.82, 2.24) is 14.8 Å². The molecule has 226 valence electrons. The zero-order valence-corrected chi connectivity index (χ0v) is 24.1. The number of aryl methyl sites for hydroxylation is 1. The van der Waals surface area contributed by atoms with Gasteiger partial charge in [-0.2, -0.15) is 0 Å². The number of nitrogens with two attached hydrogens (primary N) is 1. The smallest absolute Gasteiger partial charge is 0.409 e. The number of aromatic nitrogens is 1. The lowest BCUT2D eigenvalue weighted by molar-refractivity contribution is -0.163. The van der Waals surface area contributed by atoms with Crippen molar-refractivity contribution < 1.29 is 43.7 Å². The van der Waals surface area contributed by atoms with Crippen molar-refractivity contribution in [3.63, 3.8) is 0 Å². The molecule has 2 aliphatic rings. The third kappa shape index (κ3) is 6.06. The number of piperazine rings is 1. The molecule has 1 aromatic carbocycles. The summed E-state index contributed by atoms with van der Waals surface area (Å²) in [7, 11) is 0. The van der Waals surface area contributed by atoms with Crippen LogP contribution in [0.25, 0.3) is 10.9 Å². The highest BCUT2D eigenvalue weighted by atomic mass is 35.5. The van der Waals surface area contributed by atoms with E-state index in [1.807, 2.05) is 0 Å². The summed E-state index contributed by atoms with van der Waals surface area (Å²) in [5, 5.41) is 20.0. The van der Waals surface area contributed by atoms with Crippen LogP contribution in [0.5, 0.6) is 5.75 Å². The van der Waals surface area contributed by atoms with Crippen molar-refractivity contribution >= 4 is 52.4 Å². The molecule has 1 aliphatic heterocycles. The van der Waals surface area contributed by atoms with Gasteiger partial charge in [-0.3, -0.25) is 19.4 Å². The van der Waals surface area contributed by atoms with Crippen LogP contribution in [-0.2, 0) is 19.1 Å². The van der Waals surface area contributed by atoms with Gasteiger partial charge in [0.25, 0.3) is 5.91 Å². The fraction of sp³-hybridized carbons (Fsp3) is 0.500.